The second-order valence-electron chi connectivity index (χ2n) is 8.65. The highest BCUT2D eigenvalue weighted by Gasteiger charge is 2.45. The van der Waals surface area contributed by atoms with Gasteiger partial charge in [-0.3, -0.25) is 4.90 Å². The van der Waals surface area contributed by atoms with Crippen molar-refractivity contribution in [3.05, 3.63) is 107 Å². The van der Waals surface area contributed by atoms with Crippen LogP contribution in [0.2, 0.25) is 0 Å². The van der Waals surface area contributed by atoms with E-state index in [1.165, 1.54) is 27.5 Å². The van der Waals surface area contributed by atoms with E-state index in [1.807, 2.05) is 13.0 Å². The molecule has 1 unspecified atom stereocenters. The summed E-state index contributed by atoms with van der Waals surface area (Å²) in [5.74, 6) is 1.87. The van der Waals surface area contributed by atoms with E-state index < -0.39 is 5.60 Å². The van der Waals surface area contributed by atoms with Crippen molar-refractivity contribution in [3.63, 3.8) is 0 Å². The van der Waals surface area contributed by atoms with Crippen molar-refractivity contribution in [2.24, 2.45) is 0 Å². The van der Waals surface area contributed by atoms with Crippen molar-refractivity contribution in [1.29, 1.82) is 0 Å². The summed E-state index contributed by atoms with van der Waals surface area (Å²) in [7, 11) is 2.08. The molecule has 3 aromatic carbocycles. The van der Waals surface area contributed by atoms with Crippen molar-refractivity contribution in [2.45, 2.75) is 19.1 Å². The van der Waals surface area contributed by atoms with Gasteiger partial charge in [-0.1, -0.05) is 55.1 Å². The van der Waals surface area contributed by atoms with Crippen molar-refractivity contribution in [2.75, 3.05) is 13.8 Å². The maximum atomic E-state index is 6.87. The number of hydrogen-bond acceptors (Lipinski definition) is 3. The minimum absolute atomic E-state index is 0.625. The number of rotatable bonds is 2. The SMILES string of the molecule is C=CC1=C(/C=C\C)c2ccccc2C12C=Cc1c(ccc3c4c(ccc13)OCN(C)C4)O2. The molecule has 0 bridgehead atoms. The number of benzene rings is 3. The van der Waals surface area contributed by atoms with Gasteiger partial charge in [0.05, 0.1) is 0 Å². The van der Waals surface area contributed by atoms with Crippen LogP contribution in [-0.4, -0.2) is 18.7 Å². The molecule has 0 amide bonds. The van der Waals surface area contributed by atoms with Crippen LogP contribution in [0.5, 0.6) is 11.5 Å². The molecule has 158 valence electrons. The normalized spacial score (nSPS) is 21.4. The lowest BCUT2D eigenvalue weighted by atomic mass is 9.85. The highest BCUT2D eigenvalue weighted by atomic mass is 16.5. The standard InChI is InChI=1S/C29H25NO2/c1-4-8-21-22-9-6-7-10-26(22)29(25(21)5-2)16-15-23-19-11-13-27-24(17-30(3)18-31-27)20(19)12-14-28(23)32-29/h4-16H,2,17-18H2,1,3H3/b8-4-. The van der Waals surface area contributed by atoms with Crippen molar-refractivity contribution >= 4 is 22.4 Å². The van der Waals surface area contributed by atoms with Crippen LogP contribution in [0.4, 0.5) is 0 Å². The number of fused-ring (bicyclic) bond motifs is 7. The number of hydrogen-bond donors (Lipinski definition) is 0. The fourth-order valence-electron chi connectivity index (χ4n) is 5.34. The van der Waals surface area contributed by atoms with Crippen molar-refractivity contribution in [1.82, 2.24) is 4.90 Å². The number of nitrogens with zero attached hydrogens (tertiary/aromatic N) is 1. The number of allylic oxidation sites excluding steroid dienone is 3. The van der Waals surface area contributed by atoms with Gasteiger partial charge in [-0.2, -0.15) is 0 Å². The third-order valence-electron chi connectivity index (χ3n) is 6.74. The Balaban J connectivity index is 1.55. The molecule has 1 atom stereocenters. The van der Waals surface area contributed by atoms with E-state index in [4.69, 9.17) is 9.47 Å². The molecule has 6 rings (SSSR count). The third-order valence-corrected chi connectivity index (χ3v) is 6.74. The van der Waals surface area contributed by atoms with Crippen LogP contribution in [0.3, 0.4) is 0 Å². The van der Waals surface area contributed by atoms with Crippen LogP contribution in [0, 0.1) is 0 Å². The minimum atomic E-state index is -0.661. The van der Waals surface area contributed by atoms with Gasteiger partial charge in [0.25, 0.3) is 0 Å². The Morgan fingerprint density at radius 2 is 1.84 bits per heavy atom. The van der Waals surface area contributed by atoms with E-state index >= 15 is 0 Å². The van der Waals surface area contributed by atoms with Crippen LogP contribution in [-0.2, 0) is 12.1 Å². The summed E-state index contributed by atoms with van der Waals surface area (Å²) in [6.07, 6.45) is 10.6. The Morgan fingerprint density at radius 1 is 1.03 bits per heavy atom. The molecule has 3 aromatic rings. The third kappa shape index (κ3) is 2.52. The van der Waals surface area contributed by atoms with Gasteiger partial charge < -0.3 is 9.47 Å². The summed E-state index contributed by atoms with van der Waals surface area (Å²) in [4.78, 5) is 2.18. The zero-order valence-electron chi connectivity index (χ0n) is 18.4. The van der Waals surface area contributed by atoms with Gasteiger partial charge >= 0.3 is 0 Å². The van der Waals surface area contributed by atoms with E-state index in [1.54, 1.807) is 0 Å². The summed E-state index contributed by atoms with van der Waals surface area (Å²) in [6, 6.07) is 17.0. The van der Waals surface area contributed by atoms with Crippen LogP contribution < -0.4 is 9.47 Å². The van der Waals surface area contributed by atoms with Gasteiger partial charge in [-0.05, 0) is 66.2 Å². The molecule has 1 spiro atoms. The molecule has 0 N–H and O–H groups in total. The molecule has 3 aliphatic rings. The highest BCUT2D eigenvalue weighted by molar-refractivity contribution is 5.98. The largest absolute Gasteiger partial charge is 0.478 e. The quantitative estimate of drug-likeness (QED) is 0.476. The lowest BCUT2D eigenvalue weighted by Gasteiger charge is -2.35. The summed E-state index contributed by atoms with van der Waals surface area (Å²) in [5.41, 5.74) is 6.30. The molecule has 2 aliphatic heterocycles. The summed E-state index contributed by atoms with van der Waals surface area (Å²) in [5, 5.41) is 2.41. The Bertz CT molecular complexity index is 1380. The van der Waals surface area contributed by atoms with Gasteiger partial charge in [0.2, 0.25) is 0 Å². The average molecular weight is 420 g/mol. The molecule has 0 fully saturated rings. The first-order valence-corrected chi connectivity index (χ1v) is 11.0. The van der Waals surface area contributed by atoms with Crippen LogP contribution in [0.25, 0.3) is 22.4 Å². The van der Waals surface area contributed by atoms with Gasteiger partial charge in [0, 0.05) is 28.8 Å². The summed E-state index contributed by atoms with van der Waals surface area (Å²) >= 11 is 0. The minimum Gasteiger partial charge on any atom is -0.478 e. The Kier molecular flexibility index (Phi) is 4.17. The molecule has 3 nitrogen and oxygen atoms in total. The van der Waals surface area contributed by atoms with E-state index in [9.17, 15) is 0 Å². The fourth-order valence-corrected chi connectivity index (χ4v) is 5.34. The van der Waals surface area contributed by atoms with Gasteiger partial charge in [0.15, 0.2) is 5.60 Å². The Labute approximate surface area is 188 Å². The second-order valence-corrected chi connectivity index (χ2v) is 8.65. The van der Waals surface area contributed by atoms with Gasteiger partial charge in [-0.25, -0.2) is 0 Å². The van der Waals surface area contributed by atoms with E-state index in [0.29, 0.717) is 6.73 Å². The van der Waals surface area contributed by atoms with Crippen LogP contribution in [0.1, 0.15) is 29.2 Å². The maximum absolute atomic E-state index is 6.87. The maximum Gasteiger partial charge on any atom is 0.179 e. The predicted molar refractivity (Wildman–Crippen MR) is 131 cm³/mol. The fraction of sp³-hybridized carbons (Fsp3) is 0.172. The molecule has 0 saturated heterocycles. The first-order chi connectivity index (χ1) is 15.7. The molecular weight excluding hydrogens is 394 g/mol. The predicted octanol–water partition coefficient (Wildman–Crippen LogP) is 6.45. The zero-order chi connectivity index (χ0) is 21.9. The van der Waals surface area contributed by atoms with E-state index in [2.05, 4.69) is 91.4 Å². The van der Waals surface area contributed by atoms with Crippen LogP contribution >= 0.6 is 0 Å². The molecule has 0 saturated carbocycles. The Morgan fingerprint density at radius 3 is 2.69 bits per heavy atom. The monoisotopic (exact) mass is 419 g/mol. The zero-order valence-corrected chi connectivity index (χ0v) is 18.4. The van der Waals surface area contributed by atoms with E-state index in [-0.39, 0.29) is 0 Å². The van der Waals surface area contributed by atoms with Gasteiger partial charge in [0.1, 0.15) is 18.2 Å². The highest BCUT2D eigenvalue weighted by Crippen LogP contribution is 2.53. The average Bonchev–Trinajstić information content (AvgIpc) is 3.07. The van der Waals surface area contributed by atoms with Crippen LogP contribution in [0.15, 0.2) is 85.0 Å². The first-order valence-electron chi connectivity index (χ1n) is 11.0. The first kappa shape index (κ1) is 19.1. The second kappa shape index (κ2) is 6.98. The molecule has 3 heteroatoms. The molecule has 32 heavy (non-hydrogen) atoms. The van der Waals surface area contributed by atoms with Gasteiger partial charge in [-0.15, -0.1) is 0 Å². The molecular formula is C29H25NO2. The van der Waals surface area contributed by atoms with Crippen molar-refractivity contribution in [3.8, 4) is 11.5 Å². The molecule has 2 heterocycles. The number of ether oxygens (including phenoxy) is 2. The Hall–Kier alpha value is -3.56. The van der Waals surface area contributed by atoms with Crippen molar-refractivity contribution < 1.29 is 9.47 Å². The lowest BCUT2D eigenvalue weighted by Crippen LogP contribution is -2.32. The summed E-state index contributed by atoms with van der Waals surface area (Å²) < 4.78 is 12.8. The topological polar surface area (TPSA) is 21.7 Å². The lowest BCUT2D eigenvalue weighted by molar-refractivity contribution is 0.122. The molecule has 0 radical (unpaired) electrons. The molecule has 0 aromatic heterocycles. The summed E-state index contributed by atoms with van der Waals surface area (Å²) in [6.45, 7) is 7.69. The van der Waals surface area contributed by atoms with E-state index in [0.717, 1.165) is 34.7 Å². The molecule has 1 aliphatic carbocycles. The smallest absolute Gasteiger partial charge is 0.179 e.